The van der Waals surface area contributed by atoms with Crippen LogP contribution in [0.4, 0.5) is 10.8 Å². The molecule has 0 N–H and O–H groups in total. The van der Waals surface area contributed by atoms with Gasteiger partial charge in [0.05, 0.1) is 16.9 Å². The smallest absolute Gasteiger partial charge is 0.340 e. The van der Waals surface area contributed by atoms with Crippen molar-refractivity contribution >= 4 is 45.6 Å². The summed E-state index contributed by atoms with van der Waals surface area (Å²) >= 11 is 7.02. The minimum absolute atomic E-state index is 0.00151. The Morgan fingerprint density at radius 3 is 2.54 bits per heavy atom. The maximum atomic E-state index is 12.2. The number of benzene rings is 1. The summed E-state index contributed by atoms with van der Waals surface area (Å²) in [6.07, 6.45) is 2.28. The average Bonchev–Trinajstić information content (AvgIpc) is 3.15. The molecule has 0 aliphatic carbocycles. The van der Waals surface area contributed by atoms with Crippen molar-refractivity contribution in [2.24, 2.45) is 0 Å². The summed E-state index contributed by atoms with van der Waals surface area (Å²) in [4.78, 5) is 34.1. The molecular formula is C20H18ClN3O3S. The quantitative estimate of drug-likeness (QED) is 0.427. The largest absolute Gasteiger partial charge is 0.456 e. The SMILES string of the molecule is CCc1ccc(N(C(C)=O)c2nc(COC(=O)c3ccc(Cl)nc3)cs2)cc1. The second-order valence-electron chi connectivity index (χ2n) is 5.94. The highest BCUT2D eigenvalue weighted by Crippen LogP contribution is 2.29. The number of pyridine rings is 1. The number of thiazole rings is 1. The number of esters is 1. The van der Waals surface area contributed by atoms with E-state index in [9.17, 15) is 9.59 Å². The van der Waals surface area contributed by atoms with Gasteiger partial charge in [-0.05, 0) is 36.2 Å². The Balaban J connectivity index is 1.71. The Hall–Kier alpha value is -2.77. The molecular weight excluding hydrogens is 398 g/mol. The lowest BCUT2D eigenvalue weighted by molar-refractivity contribution is -0.115. The van der Waals surface area contributed by atoms with Gasteiger partial charge in [0.15, 0.2) is 5.13 Å². The van der Waals surface area contributed by atoms with Crippen molar-refractivity contribution in [3.8, 4) is 0 Å². The minimum Gasteiger partial charge on any atom is -0.456 e. The molecule has 8 heteroatoms. The number of nitrogens with zero attached hydrogens (tertiary/aromatic N) is 3. The van der Waals surface area contributed by atoms with Gasteiger partial charge in [0.25, 0.3) is 0 Å². The number of amides is 1. The molecule has 3 aromatic rings. The summed E-state index contributed by atoms with van der Waals surface area (Å²) in [7, 11) is 0. The number of rotatable bonds is 6. The minimum atomic E-state index is -0.516. The Morgan fingerprint density at radius 1 is 1.18 bits per heavy atom. The number of hydrogen-bond donors (Lipinski definition) is 0. The number of carbonyl (C=O) groups is 2. The third-order valence-corrected chi connectivity index (χ3v) is 5.06. The molecule has 0 unspecified atom stereocenters. The van der Waals surface area contributed by atoms with Crippen molar-refractivity contribution < 1.29 is 14.3 Å². The van der Waals surface area contributed by atoms with Crippen LogP contribution in [0.1, 0.15) is 35.5 Å². The van der Waals surface area contributed by atoms with Gasteiger partial charge in [-0.15, -0.1) is 11.3 Å². The van der Waals surface area contributed by atoms with E-state index >= 15 is 0 Å². The molecule has 0 aliphatic heterocycles. The second kappa shape index (κ2) is 8.95. The van der Waals surface area contributed by atoms with E-state index in [-0.39, 0.29) is 12.5 Å². The first-order valence-electron chi connectivity index (χ1n) is 8.60. The summed E-state index contributed by atoms with van der Waals surface area (Å²) < 4.78 is 5.26. The molecule has 3 rings (SSSR count). The zero-order valence-corrected chi connectivity index (χ0v) is 17.0. The number of aromatic nitrogens is 2. The summed E-state index contributed by atoms with van der Waals surface area (Å²) in [6.45, 7) is 3.56. The fourth-order valence-corrected chi connectivity index (χ4v) is 3.48. The fraction of sp³-hybridized carbons (Fsp3) is 0.200. The van der Waals surface area contributed by atoms with Crippen molar-refractivity contribution in [2.45, 2.75) is 26.9 Å². The van der Waals surface area contributed by atoms with Crippen LogP contribution in [0, 0.1) is 0 Å². The molecule has 0 atom stereocenters. The summed E-state index contributed by atoms with van der Waals surface area (Å²) in [5, 5.41) is 2.59. The number of aryl methyl sites for hydroxylation is 1. The first-order valence-corrected chi connectivity index (χ1v) is 9.86. The maximum absolute atomic E-state index is 12.2. The first-order chi connectivity index (χ1) is 13.5. The van der Waals surface area contributed by atoms with E-state index in [1.807, 2.05) is 24.3 Å². The van der Waals surface area contributed by atoms with Gasteiger partial charge in [0.1, 0.15) is 11.8 Å². The van der Waals surface area contributed by atoms with Crippen LogP contribution in [-0.4, -0.2) is 21.8 Å². The lowest BCUT2D eigenvalue weighted by Crippen LogP contribution is -2.22. The molecule has 6 nitrogen and oxygen atoms in total. The Kier molecular flexibility index (Phi) is 6.38. The van der Waals surface area contributed by atoms with Crippen LogP contribution in [0.15, 0.2) is 48.0 Å². The van der Waals surface area contributed by atoms with E-state index in [0.29, 0.717) is 21.5 Å². The highest BCUT2D eigenvalue weighted by molar-refractivity contribution is 7.14. The topological polar surface area (TPSA) is 72.4 Å². The molecule has 0 spiro atoms. The standard InChI is InChI=1S/C20H18ClN3O3S/c1-3-14-4-7-17(8-5-14)24(13(2)25)20-23-16(12-28-20)11-27-19(26)15-6-9-18(21)22-10-15/h4-10,12H,3,11H2,1-2H3. The first kappa shape index (κ1) is 20.0. The van der Waals surface area contributed by atoms with Gasteiger partial charge < -0.3 is 4.74 Å². The fourth-order valence-electron chi connectivity index (χ4n) is 2.49. The lowest BCUT2D eigenvalue weighted by Gasteiger charge is -2.18. The molecule has 144 valence electrons. The van der Waals surface area contributed by atoms with E-state index in [1.54, 1.807) is 16.3 Å². The zero-order valence-electron chi connectivity index (χ0n) is 15.4. The van der Waals surface area contributed by atoms with Crippen LogP contribution in [-0.2, 0) is 22.6 Å². The van der Waals surface area contributed by atoms with Gasteiger partial charge in [-0.3, -0.25) is 9.69 Å². The molecule has 0 saturated heterocycles. The molecule has 0 bridgehead atoms. The van der Waals surface area contributed by atoms with Gasteiger partial charge in [-0.2, -0.15) is 0 Å². The van der Waals surface area contributed by atoms with E-state index in [0.717, 1.165) is 12.1 Å². The molecule has 0 fully saturated rings. The number of halogens is 1. The van der Waals surface area contributed by atoms with Crippen LogP contribution in [0.5, 0.6) is 0 Å². The Labute approximate surface area is 171 Å². The molecule has 0 radical (unpaired) electrons. The van der Waals surface area contributed by atoms with E-state index in [4.69, 9.17) is 16.3 Å². The van der Waals surface area contributed by atoms with Crippen LogP contribution < -0.4 is 4.90 Å². The molecule has 2 aromatic heterocycles. The number of hydrogen-bond acceptors (Lipinski definition) is 6. The molecule has 1 aromatic carbocycles. The predicted molar refractivity (Wildman–Crippen MR) is 109 cm³/mol. The van der Waals surface area contributed by atoms with Crippen molar-refractivity contribution in [1.82, 2.24) is 9.97 Å². The zero-order chi connectivity index (χ0) is 20.1. The normalized spacial score (nSPS) is 10.5. The number of anilines is 2. The van der Waals surface area contributed by atoms with Crippen molar-refractivity contribution in [2.75, 3.05) is 4.90 Å². The average molecular weight is 416 g/mol. The third-order valence-electron chi connectivity index (χ3n) is 3.96. The van der Waals surface area contributed by atoms with E-state index in [2.05, 4.69) is 16.9 Å². The number of ether oxygens (including phenoxy) is 1. The summed E-state index contributed by atoms with van der Waals surface area (Å²) in [5.74, 6) is -0.660. The molecule has 0 aliphatic rings. The van der Waals surface area contributed by atoms with Gasteiger partial charge in [0.2, 0.25) is 5.91 Å². The van der Waals surface area contributed by atoms with Gasteiger partial charge in [-0.1, -0.05) is 30.7 Å². The Morgan fingerprint density at radius 2 is 1.93 bits per heavy atom. The van der Waals surface area contributed by atoms with Crippen LogP contribution in [0.2, 0.25) is 5.15 Å². The van der Waals surface area contributed by atoms with Crippen LogP contribution in [0.3, 0.4) is 0 Å². The molecule has 1 amide bonds. The molecule has 0 saturated carbocycles. The molecule has 2 heterocycles. The monoisotopic (exact) mass is 415 g/mol. The van der Waals surface area contributed by atoms with E-state index < -0.39 is 5.97 Å². The summed E-state index contributed by atoms with van der Waals surface area (Å²) in [6, 6.07) is 10.8. The maximum Gasteiger partial charge on any atom is 0.340 e. The van der Waals surface area contributed by atoms with E-state index in [1.165, 1.54) is 36.1 Å². The van der Waals surface area contributed by atoms with Gasteiger partial charge in [-0.25, -0.2) is 14.8 Å². The Bertz CT molecular complexity index is 971. The summed E-state index contributed by atoms with van der Waals surface area (Å²) in [5.41, 5.74) is 2.80. The second-order valence-corrected chi connectivity index (χ2v) is 7.17. The van der Waals surface area contributed by atoms with Crippen molar-refractivity contribution in [3.05, 3.63) is 69.9 Å². The van der Waals surface area contributed by atoms with Gasteiger partial charge >= 0.3 is 5.97 Å². The van der Waals surface area contributed by atoms with Crippen LogP contribution in [0.25, 0.3) is 0 Å². The van der Waals surface area contributed by atoms with Crippen molar-refractivity contribution in [1.29, 1.82) is 0 Å². The lowest BCUT2D eigenvalue weighted by atomic mass is 10.1. The van der Waals surface area contributed by atoms with Crippen molar-refractivity contribution in [3.63, 3.8) is 0 Å². The van der Waals surface area contributed by atoms with Crippen LogP contribution >= 0.6 is 22.9 Å². The predicted octanol–water partition coefficient (Wildman–Crippen LogP) is 4.80. The molecule has 28 heavy (non-hydrogen) atoms. The third kappa shape index (κ3) is 4.74. The van der Waals surface area contributed by atoms with Gasteiger partial charge in [0, 0.05) is 18.5 Å². The highest BCUT2D eigenvalue weighted by atomic mass is 35.5. The highest BCUT2D eigenvalue weighted by Gasteiger charge is 2.18. The number of carbonyl (C=O) groups excluding carboxylic acids is 2.